The molecule has 0 aromatic rings. The van der Waals surface area contributed by atoms with Crippen LogP contribution in [-0.2, 0) is 9.53 Å². The van der Waals surface area contributed by atoms with Crippen molar-refractivity contribution in [1.29, 1.82) is 0 Å². The number of hydrogen-bond donors (Lipinski definition) is 4. The van der Waals surface area contributed by atoms with Crippen LogP contribution in [0.25, 0.3) is 0 Å². The monoisotopic (exact) mass is 394 g/mol. The van der Waals surface area contributed by atoms with Gasteiger partial charge >= 0.3 is 5.97 Å². The third-order valence-corrected chi connectivity index (χ3v) is 4.44. The lowest BCUT2D eigenvalue weighted by molar-refractivity contribution is -0.136. The van der Waals surface area contributed by atoms with Gasteiger partial charge in [-0.1, -0.05) is 55.5 Å². The highest BCUT2D eigenvalue weighted by molar-refractivity contribution is 5.66. The second-order valence-electron chi connectivity index (χ2n) is 6.92. The Kier molecular flexibility index (Phi) is 12.4. The van der Waals surface area contributed by atoms with Gasteiger partial charge in [0.2, 0.25) is 0 Å². The first-order chi connectivity index (χ1) is 13.4. The molecule has 0 saturated carbocycles. The van der Waals surface area contributed by atoms with Gasteiger partial charge in [0, 0.05) is 12.8 Å². The first-order valence-corrected chi connectivity index (χ1v) is 9.98. The fourth-order valence-corrected chi connectivity index (χ4v) is 2.87. The van der Waals surface area contributed by atoms with E-state index in [1.54, 1.807) is 0 Å². The number of hydrogen-bond acceptors (Lipinski definition) is 5. The van der Waals surface area contributed by atoms with Crippen LogP contribution in [0.1, 0.15) is 51.9 Å². The van der Waals surface area contributed by atoms with E-state index in [9.17, 15) is 20.1 Å². The van der Waals surface area contributed by atoms with Gasteiger partial charge in [0.1, 0.15) is 0 Å². The van der Waals surface area contributed by atoms with Crippen molar-refractivity contribution in [3.63, 3.8) is 0 Å². The molecule has 0 aromatic heterocycles. The standard InChI is InChI=1S/C22H34O6/c1-2-3-8-12-20-19(25)16-21(28-20)18(24)15-14-17(23)11-9-6-4-5-7-10-13-22(26)27/h3,5-9,14-15,17-21,23-25H,2,4,10-13,16H2,1H3,(H,26,27)/b7-5-,8-3-,9-6-,15-14+/t17-,18+,19+,20+,21+/m1/s1. The van der Waals surface area contributed by atoms with E-state index in [0.29, 0.717) is 32.1 Å². The van der Waals surface area contributed by atoms with Crippen LogP contribution < -0.4 is 0 Å². The van der Waals surface area contributed by atoms with Crippen LogP contribution in [-0.4, -0.2) is 56.9 Å². The van der Waals surface area contributed by atoms with E-state index in [4.69, 9.17) is 9.84 Å². The van der Waals surface area contributed by atoms with Crippen LogP contribution in [0.15, 0.2) is 48.6 Å². The number of carboxylic acids is 1. The zero-order chi connectivity index (χ0) is 20.8. The van der Waals surface area contributed by atoms with Gasteiger partial charge in [-0.25, -0.2) is 0 Å². The molecule has 28 heavy (non-hydrogen) atoms. The molecule has 0 aliphatic carbocycles. The Morgan fingerprint density at radius 3 is 2.57 bits per heavy atom. The van der Waals surface area contributed by atoms with Crippen LogP contribution >= 0.6 is 0 Å². The van der Waals surface area contributed by atoms with Gasteiger partial charge in [-0.15, -0.1) is 0 Å². The maximum Gasteiger partial charge on any atom is 0.303 e. The largest absolute Gasteiger partial charge is 0.481 e. The second kappa shape index (κ2) is 14.3. The predicted molar refractivity (Wildman–Crippen MR) is 109 cm³/mol. The lowest BCUT2D eigenvalue weighted by Gasteiger charge is -2.16. The quantitative estimate of drug-likeness (QED) is 0.358. The van der Waals surface area contributed by atoms with E-state index in [-0.39, 0.29) is 12.5 Å². The SMILES string of the molecule is CC/C=C\C[C@@H]1O[C@H]([C@@H](O)/C=C/[C@H](O)C/C=C\C/C=C\CCC(=O)O)C[C@@H]1O. The average Bonchev–Trinajstić information content (AvgIpc) is 3.02. The van der Waals surface area contributed by atoms with Crippen LogP contribution in [0.3, 0.4) is 0 Å². The van der Waals surface area contributed by atoms with Gasteiger partial charge in [0.05, 0.1) is 30.5 Å². The Hall–Kier alpha value is -1.73. The fourth-order valence-electron chi connectivity index (χ4n) is 2.87. The summed E-state index contributed by atoms with van der Waals surface area (Å²) in [5.41, 5.74) is 0. The molecule has 158 valence electrons. The Morgan fingerprint density at radius 2 is 1.86 bits per heavy atom. The van der Waals surface area contributed by atoms with Crippen LogP contribution in [0, 0.1) is 0 Å². The molecule has 1 rings (SSSR count). The minimum atomic E-state index is -0.870. The summed E-state index contributed by atoms with van der Waals surface area (Å²) in [6.07, 6.45) is 15.3. The number of rotatable bonds is 13. The molecule has 0 aromatic carbocycles. The molecule has 6 nitrogen and oxygen atoms in total. The molecule has 6 heteroatoms. The van der Waals surface area contributed by atoms with Crippen LogP contribution in [0.5, 0.6) is 0 Å². The summed E-state index contributed by atoms with van der Waals surface area (Å²) in [7, 11) is 0. The van der Waals surface area contributed by atoms with Crippen LogP contribution in [0.2, 0.25) is 0 Å². The number of carbonyl (C=O) groups is 1. The average molecular weight is 395 g/mol. The Morgan fingerprint density at radius 1 is 1.11 bits per heavy atom. The number of carboxylic acid groups (broad SMARTS) is 1. The fraction of sp³-hybridized carbons (Fsp3) is 0.591. The minimum Gasteiger partial charge on any atom is -0.481 e. The zero-order valence-corrected chi connectivity index (χ0v) is 16.6. The van der Waals surface area contributed by atoms with Gasteiger partial charge in [-0.3, -0.25) is 4.79 Å². The van der Waals surface area contributed by atoms with Crippen molar-refractivity contribution < 1.29 is 30.0 Å². The Labute approximate surface area is 167 Å². The van der Waals surface area contributed by atoms with E-state index in [2.05, 4.69) is 0 Å². The third-order valence-electron chi connectivity index (χ3n) is 4.44. The van der Waals surface area contributed by atoms with E-state index in [1.807, 2.05) is 43.4 Å². The van der Waals surface area contributed by atoms with Crippen molar-refractivity contribution in [2.75, 3.05) is 0 Å². The van der Waals surface area contributed by atoms with Crippen molar-refractivity contribution >= 4 is 5.97 Å². The van der Waals surface area contributed by atoms with Crippen molar-refractivity contribution in [3.8, 4) is 0 Å². The summed E-state index contributed by atoms with van der Waals surface area (Å²) < 4.78 is 5.73. The van der Waals surface area contributed by atoms with Gasteiger partial charge in [0.25, 0.3) is 0 Å². The van der Waals surface area contributed by atoms with Crippen LogP contribution in [0.4, 0.5) is 0 Å². The maximum atomic E-state index is 10.4. The van der Waals surface area contributed by atoms with Gasteiger partial charge < -0.3 is 25.2 Å². The highest BCUT2D eigenvalue weighted by Gasteiger charge is 2.36. The summed E-state index contributed by atoms with van der Waals surface area (Å²) in [6.45, 7) is 2.04. The van der Waals surface area contributed by atoms with E-state index in [0.717, 1.165) is 6.42 Å². The molecular formula is C22H34O6. The van der Waals surface area contributed by atoms with Gasteiger partial charge in [-0.05, 0) is 32.1 Å². The minimum absolute atomic E-state index is 0.129. The lowest BCUT2D eigenvalue weighted by atomic mass is 10.0. The molecule has 1 heterocycles. The molecule has 1 fully saturated rings. The summed E-state index contributed by atoms with van der Waals surface area (Å²) in [6, 6.07) is 0. The smallest absolute Gasteiger partial charge is 0.303 e. The summed E-state index contributed by atoms with van der Waals surface area (Å²) in [5.74, 6) is -0.807. The highest BCUT2D eigenvalue weighted by Crippen LogP contribution is 2.26. The summed E-state index contributed by atoms with van der Waals surface area (Å²) >= 11 is 0. The molecule has 0 bridgehead atoms. The van der Waals surface area contributed by atoms with Crippen molar-refractivity contribution in [2.24, 2.45) is 0 Å². The van der Waals surface area contributed by atoms with Crippen molar-refractivity contribution in [1.82, 2.24) is 0 Å². The molecule has 5 atom stereocenters. The van der Waals surface area contributed by atoms with E-state index in [1.165, 1.54) is 12.2 Å². The zero-order valence-electron chi connectivity index (χ0n) is 16.6. The van der Waals surface area contributed by atoms with Gasteiger partial charge in [0.15, 0.2) is 0 Å². The number of aliphatic hydroxyl groups is 3. The number of ether oxygens (including phenoxy) is 1. The first-order valence-electron chi connectivity index (χ1n) is 9.98. The van der Waals surface area contributed by atoms with Crippen molar-refractivity contribution in [3.05, 3.63) is 48.6 Å². The maximum absolute atomic E-state index is 10.4. The van der Waals surface area contributed by atoms with E-state index < -0.39 is 30.4 Å². The normalized spacial score (nSPS) is 25.5. The number of allylic oxidation sites excluding steroid dienone is 4. The molecule has 4 N–H and O–H groups in total. The molecule has 1 saturated heterocycles. The molecule has 0 unspecified atom stereocenters. The van der Waals surface area contributed by atoms with E-state index >= 15 is 0 Å². The molecule has 0 radical (unpaired) electrons. The molecular weight excluding hydrogens is 360 g/mol. The first kappa shape index (κ1) is 24.3. The predicted octanol–water partition coefficient (Wildman–Crippen LogP) is 2.90. The topological polar surface area (TPSA) is 107 Å². The summed E-state index contributed by atoms with van der Waals surface area (Å²) in [4.78, 5) is 10.4. The van der Waals surface area contributed by atoms with Gasteiger partial charge in [-0.2, -0.15) is 0 Å². The Balaban J connectivity index is 2.28. The molecule has 0 amide bonds. The third kappa shape index (κ3) is 10.6. The Bertz CT molecular complexity index is 551. The van der Waals surface area contributed by atoms with Crippen molar-refractivity contribution in [2.45, 2.75) is 82.4 Å². The molecule has 1 aliphatic heterocycles. The molecule has 1 aliphatic rings. The second-order valence-corrected chi connectivity index (χ2v) is 6.92. The lowest BCUT2D eigenvalue weighted by Crippen LogP contribution is -2.24. The summed E-state index contributed by atoms with van der Waals surface area (Å²) in [5, 5.41) is 38.7. The number of aliphatic carboxylic acids is 1. The molecule has 0 spiro atoms. The number of aliphatic hydroxyl groups excluding tert-OH is 3. The highest BCUT2D eigenvalue weighted by atomic mass is 16.5.